The SMILES string of the molecule is C[C@H]1C(=O)N([C@H](CO)CCC(=O)N2CCC3(CC3)[C@H](O)C2)CCN1C(=O)N(C)c1ccc(OC(F)(F)F)c(Cl)c1. The van der Waals surface area contributed by atoms with E-state index in [1.165, 1.54) is 27.8 Å². The summed E-state index contributed by atoms with van der Waals surface area (Å²) in [6.45, 7) is 2.37. The molecule has 3 aliphatic rings. The zero-order valence-electron chi connectivity index (χ0n) is 22.4. The van der Waals surface area contributed by atoms with Gasteiger partial charge in [-0.3, -0.25) is 14.5 Å². The number of piperidine rings is 1. The van der Waals surface area contributed by atoms with Crippen molar-refractivity contribution in [3.05, 3.63) is 23.2 Å². The van der Waals surface area contributed by atoms with Crippen molar-refractivity contribution in [1.29, 1.82) is 0 Å². The molecule has 0 bridgehead atoms. The predicted molar refractivity (Wildman–Crippen MR) is 139 cm³/mol. The molecular formula is C26H34ClF3N4O6. The van der Waals surface area contributed by atoms with Gasteiger partial charge in [-0.25, -0.2) is 4.79 Å². The Morgan fingerprint density at radius 3 is 2.50 bits per heavy atom. The number of carbonyl (C=O) groups excluding carboxylic acids is 3. The summed E-state index contributed by atoms with van der Waals surface area (Å²) in [7, 11) is 1.41. The van der Waals surface area contributed by atoms with Crippen molar-refractivity contribution in [2.45, 2.75) is 63.6 Å². The number of aliphatic hydroxyl groups excluding tert-OH is 2. The van der Waals surface area contributed by atoms with Gasteiger partial charge in [0.2, 0.25) is 11.8 Å². The lowest BCUT2D eigenvalue weighted by Crippen LogP contribution is -2.62. The summed E-state index contributed by atoms with van der Waals surface area (Å²) in [6.07, 6.45) is -2.33. The van der Waals surface area contributed by atoms with Gasteiger partial charge < -0.3 is 29.6 Å². The lowest BCUT2D eigenvalue weighted by atomic mass is 9.90. The molecule has 4 rings (SSSR count). The second-order valence-corrected chi connectivity index (χ2v) is 11.2. The Morgan fingerprint density at radius 2 is 1.93 bits per heavy atom. The number of alkyl halides is 3. The molecule has 2 heterocycles. The Hall–Kier alpha value is -2.77. The van der Waals surface area contributed by atoms with E-state index in [9.17, 15) is 37.8 Å². The first-order chi connectivity index (χ1) is 18.8. The fraction of sp³-hybridized carbons (Fsp3) is 0.654. The van der Waals surface area contributed by atoms with Gasteiger partial charge in [0.25, 0.3) is 0 Å². The normalized spacial score (nSPS) is 23.3. The van der Waals surface area contributed by atoms with Crippen molar-refractivity contribution in [3.63, 3.8) is 0 Å². The number of nitrogens with zero attached hydrogens (tertiary/aromatic N) is 4. The average molecular weight is 591 g/mol. The Bertz CT molecular complexity index is 1130. The Labute approximate surface area is 235 Å². The summed E-state index contributed by atoms with van der Waals surface area (Å²) < 4.78 is 41.4. The quantitative estimate of drug-likeness (QED) is 0.505. The summed E-state index contributed by atoms with van der Waals surface area (Å²) in [5, 5.41) is 20.1. The third-order valence-electron chi connectivity index (χ3n) is 8.32. The Morgan fingerprint density at radius 1 is 1.23 bits per heavy atom. The molecule has 1 aromatic rings. The van der Waals surface area contributed by atoms with Crippen LogP contribution in [0.15, 0.2) is 18.2 Å². The van der Waals surface area contributed by atoms with Gasteiger partial charge in [0, 0.05) is 45.3 Å². The Balaban J connectivity index is 1.33. The zero-order chi connectivity index (χ0) is 29.4. The first-order valence-electron chi connectivity index (χ1n) is 13.2. The minimum atomic E-state index is -4.92. The van der Waals surface area contributed by atoms with E-state index in [0.717, 1.165) is 31.4 Å². The van der Waals surface area contributed by atoms with Crippen molar-refractivity contribution in [3.8, 4) is 5.75 Å². The lowest BCUT2D eigenvalue weighted by Gasteiger charge is -2.43. The number of ether oxygens (including phenoxy) is 1. The summed E-state index contributed by atoms with van der Waals surface area (Å²) >= 11 is 5.92. The molecule has 222 valence electrons. The molecule has 2 aliphatic heterocycles. The van der Waals surface area contributed by atoms with Crippen LogP contribution in [0.25, 0.3) is 0 Å². The third kappa shape index (κ3) is 6.41. The van der Waals surface area contributed by atoms with Crippen LogP contribution in [-0.2, 0) is 9.59 Å². The molecule has 10 nitrogen and oxygen atoms in total. The van der Waals surface area contributed by atoms with E-state index in [2.05, 4.69) is 4.74 Å². The second kappa shape index (κ2) is 11.6. The summed E-state index contributed by atoms with van der Waals surface area (Å²) in [5.74, 6) is -1.13. The first kappa shape index (κ1) is 30.2. The van der Waals surface area contributed by atoms with Crippen LogP contribution in [-0.4, -0.2) is 107 Å². The minimum Gasteiger partial charge on any atom is -0.404 e. The summed E-state index contributed by atoms with van der Waals surface area (Å²) in [6, 6.07) is 1.35. The number of β-amino-alcohol motifs (C(OH)–C–C–N with tert-alkyl or cyclic N) is 1. The van der Waals surface area contributed by atoms with E-state index in [-0.39, 0.29) is 54.6 Å². The van der Waals surface area contributed by atoms with Gasteiger partial charge in [0.1, 0.15) is 11.8 Å². The summed E-state index contributed by atoms with van der Waals surface area (Å²) in [4.78, 5) is 44.8. The maximum absolute atomic E-state index is 13.2. The van der Waals surface area contributed by atoms with E-state index >= 15 is 0 Å². The number of carbonyl (C=O) groups is 3. The van der Waals surface area contributed by atoms with Crippen LogP contribution in [0.3, 0.4) is 0 Å². The highest BCUT2D eigenvalue weighted by Crippen LogP contribution is 2.53. The van der Waals surface area contributed by atoms with Gasteiger partial charge in [-0.1, -0.05) is 11.6 Å². The van der Waals surface area contributed by atoms with E-state index in [1.807, 2.05) is 0 Å². The van der Waals surface area contributed by atoms with E-state index in [1.54, 1.807) is 11.8 Å². The molecule has 0 radical (unpaired) electrons. The van der Waals surface area contributed by atoms with Gasteiger partial charge in [-0.15, -0.1) is 13.2 Å². The molecule has 40 heavy (non-hydrogen) atoms. The lowest BCUT2D eigenvalue weighted by molar-refractivity contribution is -0.274. The third-order valence-corrected chi connectivity index (χ3v) is 8.61. The molecule has 14 heteroatoms. The standard InChI is InChI=1S/C26H34ClF3N4O6/c1-16-23(38)34(18(15-35)4-6-22(37)32-10-9-25(7-8-25)21(36)14-32)12-11-33(16)24(39)31(2)17-3-5-20(19(27)13-17)40-26(28,29)30/h3,5,13,16,18,21,35-36H,4,6-12,14-15H2,1-2H3/t16-,18-,21+/m0/s1. The highest BCUT2D eigenvalue weighted by atomic mass is 35.5. The molecule has 1 aliphatic carbocycles. The fourth-order valence-corrected chi connectivity index (χ4v) is 5.72. The maximum atomic E-state index is 13.2. The maximum Gasteiger partial charge on any atom is 0.573 e. The fourth-order valence-electron chi connectivity index (χ4n) is 5.51. The first-order valence-corrected chi connectivity index (χ1v) is 13.6. The molecule has 0 aromatic heterocycles. The molecule has 2 saturated heterocycles. The molecule has 2 N–H and O–H groups in total. The highest BCUT2D eigenvalue weighted by Gasteiger charge is 2.51. The molecule has 1 aromatic carbocycles. The van der Waals surface area contributed by atoms with Crippen LogP contribution in [0.1, 0.15) is 39.0 Å². The number of piperazine rings is 1. The van der Waals surface area contributed by atoms with Crippen molar-refractivity contribution in [1.82, 2.24) is 14.7 Å². The van der Waals surface area contributed by atoms with E-state index < -0.39 is 42.2 Å². The number of benzene rings is 1. The number of urea groups is 1. The number of halogens is 4. The van der Waals surface area contributed by atoms with Gasteiger partial charge in [0.05, 0.1) is 23.8 Å². The number of hydrogen-bond donors (Lipinski definition) is 2. The van der Waals surface area contributed by atoms with Crippen LogP contribution in [0.2, 0.25) is 5.02 Å². The number of amides is 4. The van der Waals surface area contributed by atoms with Crippen molar-refractivity contribution < 1.29 is 42.5 Å². The van der Waals surface area contributed by atoms with Crippen LogP contribution in [0, 0.1) is 5.41 Å². The predicted octanol–water partition coefficient (Wildman–Crippen LogP) is 2.84. The molecule has 3 atom stereocenters. The number of hydrogen-bond acceptors (Lipinski definition) is 6. The van der Waals surface area contributed by atoms with Crippen LogP contribution >= 0.6 is 11.6 Å². The average Bonchev–Trinajstić information content (AvgIpc) is 3.68. The highest BCUT2D eigenvalue weighted by molar-refractivity contribution is 6.32. The van der Waals surface area contributed by atoms with Gasteiger partial charge in [-0.2, -0.15) is 0 Å². The topological polar surface area (TPSA) is 114 Å². The Kier molecular flexibility index (Phi) is 8.77. The van der Waals surface area contributed by atoms with Crippen molar-refractivity contribution >= 4 is 35.1 Å². The molecule has 1 spiro atoms. The second-order valence-electron chi connectivity index (χ2n) is 10.7. The van der Waals surface area contributed by atoms with Crippen molar-refractivity contribution in [2.75, 3.05) is 44.7 Å². The van der Waals surface area contributed by atoms with Gasteiger partial charge in [-0.05, 0) is 56.2 Å². The van der Waals surface area contributed by atoms with Crippen LogP contribution < -0.4 is 9.64 Å². The number of aliphatic hydroxyl groups is 2. The smallest absolute Gasteiger partial charge is 0.404 e. The monoisotopic (exact) mass is 590 g/mol. The molecule has 0 unspecified atom stereocenters. The number of rotatable bonds is 7. The largest absolute Gasteiger partial charge is 0.573 e. The summed E-state index contributed by atoms with van der Waals surface area (Å²) in [5.41, 5.74) is 0.184. The molecule has 1 saturated carbocycles. The molecule has 4 amide bonds. The van der Waals surface area contributed by atoms with Crippen molar-refractivity contribution in [2.24, 2.45) is 5.41 Å². The molecular weight excluding hydrogens is 557 g/mol. The van der Waals surface area contributed by atoms with Crippen LogP contribution in [0.5, 0.6) is 5.75 Å². The van der Waals surface area contributed by atoms with Gasteiger partial charge >= 0.3 is 12.4 Å². The van der Waals surface area contributed by atoms with Gasteiger partial charge in [0.15, 0.2) is 0 Å². The van der Waals surface area contributed by atoms with Crippen LogP contribution in [0.4, 0.5) is 23.7 Å². The molecule has 3 fully saturated rings. The van der Waals surface area contributed by atoms with E-state index in [0.29, 0.717) is 13.1 Å². The zero-order valence-corrected chi connectivity index (χ0v) is 23.1. The minimum absolute atomic E-state index is 0.0185. The van der Waals surface area contributed by atoms with E-state index in [4.69, 9.17) is 11.6 Å². The number of anilines is 1. The number of likely N-dealkylation sites (tertiary alicyclic amines) is 1.